The first-order valence-electron chi connectivity index (χ1n) is 13.6. The Balaban J connectivity index is 1.26. The highest BCUT2D eigenvalue weighted by molar-refractivity contribution is 6.47. The number of hydrogen-bond donors (Lipinski definition) is 1. The lowest BCUT2D eigenvalue weighted by molar-refractivity contribution is -0.112. The Morgan fingerprint density at radius 1 is 0.900 bits per heavy atom. The van der Waals surface area contributed by atoms with Gasteiger partial charge in [-0.05, 0) is 92.3 Å². The van der Waals surface area contributed by atoms with E-state index in [2.05, 4.69) is 41.3 Å². The highest BCUT2D eigenvalue weighted by Crippen LogP contribution is 2.33. The van der Waals surface area contributed by atoms with Crippen molar-refractivity contribution in [3.63, 3.8) is 0 Å². The Morgan fingerprint density at radius 3 is 2.35 bits per heavy atom. The summed E-state index contributed by atoms with van der Waals surface area (Å²) >= 11 is 0. The molecule has 1 amide bonds. The molecule has 0 aliphatic heterocycles. The van der Waals surface area contributed by atoms with E-state index in [1.54, 1.807) is 0 Å². The molecule has 0 unspecified atom stereocenters. The van der Waals surface area contributed by atoms with Crippen LogP contribution < -0.4 is 10.2 Å². The maximum atomic E-state index is 13.6. The van der Waals surface area contributed by atoms with Crippen molar-refractivity contribution in [1.82, 2.24) is 9.38 Å². The lowest BCUT2D eigenvalue weighted by Gasteiger charge is -2.19. The summed E-state index contributed by atoms with van der Waals surface area (Å²) in [6, 6.07) is 27.4. The summed E-state index contributed by atoms with van der Waals surface area (Å²) in [5, 5.41) is 2.81. The van der Waals surface area contributed by atoms with E-state index in [9.17, 15) is 9.59 Å². The molecule has 0 radical (unpaired) electrons. The summed E-state index contributed by atoms with van der Waals surface area (Å²) in [6.45, 7) is 6.98. The van der Waals surface area contributed by atoms with Gasteiger partial charge >= 0.3 is 0 Å². The van der Waals surface area contributed by atoms with Gasteiger partial charge in [-0.25, -0.2) is 4.98 Å². The second kappa shape index (κ2) is 11.6. The van der Waals surface area contributed by atoms with Crippen LogP contribution in [0.15, 0.2) is 91.1 Å². The molecule has 0 aliphatic rings. The number of nitrogens with zero attached hydrogens (tertiary/aromatic N) is 3. The van der Waals surface area contributed by atoms with Crippen LogP contribution in [0.4, 0.5) is 11.5 Å². The number of Topliss-reactive ketones (excluding diaryl/α,β-unsaturated/α-hetero) is 1. The van der Waals surface area contributed by atoms with E-state index in [4.69, 9.17) is 0 Å². The van der Waals surface area contributed by atoms with Crippen molar-refractivity contribution in [1.29, 1.82) is 0 Å². The molecule has 40 heavy (non-hydrogen) atoms. The molecule has 5 aromatic rings. The van der Waals surface area contributed by atoms with Gasteiger partial charge in [-0.15, -0.1) is 0 Å². The first-order valence-corrected chi connectivity index (χ1v) is 13.6. The fourth-order valence-electron chi connectivity index (χ4n) is 5.25. The number of ketones is 1. The number of hydrogen-bond acceptors (Lipinski definition) is 4. The van der Waals surface area contributed by atoms with Crippen LogP contribution >= 0.6 is 0 Å². The minimum atomic E-state index is -0.657. The molecule has 0 saturated carbocycles. The number of pyridine rings is 2. The van der Waals surface area contributed by atoms with E-state index in [0.29, 0.717) is 11.4 Å². The van der Waals surface area contributed by atoms with Crippen LogP contribution in [0.5, 0.6) is 0 Å². The van der Waals surface area contributed by atoms with Gasteiger partial charge in [-0.2, -0.15) is 0 Å². The van der Waals surface area contributed by atoms with Crippen molar-refractivity contribution >= 4 is 28.7 Å². The first kappa shape index (κ1) is 26.9. The van der Waals surface area contributed by atoms with E-state index < -0.39 is 11.7 Å². The molecule has 3 aromatic heterocycles. The molecule has 3 heterocycles. The molecule has 0 atom stereocenters. The Labute approximate surface area is 235 Å². The maximum absolute atomic E-state index is 13.6. The fourth-order valence-corrected chi connectivity index (χ4v) is 5.25. The van der Waals surface area contributed by atoms with Gasteiger partial charge in [0, 0.05) is 42.3 Å². The highest BCUT2D eigenvalue weighted by atomic mass is 16.2. The zero-order valence-electron chi connectivity index (χ0n) is 23.4. The van der Waals surface area contributed by atoms with Crippen molar-refractivity contribution < 1.29 is 9.59 Å². The van der Waals surface area contributed by atoms with E-state index in [0.717, 1.165) is 53.1 Å². The number of rotatable bonds is 9. The summed E-state index contributed by atoms with van der Waals surface area (Å²) < 4.78 is 1.81. The topological polar surface area (TPSA) is 66.7 Å². The Bertz CT molecular complexity index is 1650. The minimum Gasteiger partial charge on any atom is -0.360 e. The summed E-state index contributed by atoms with van der Waals surface area (Å²) in [6.07, 6.45) is 3.70. The van der Waals surface area contributed by atoms with E-state index in [1.807, 2.05) is 97.2 Å². The van der Waals surface area contributed by atoms with Gasteiger partial charge in [0.1, 0.15) is 11.5 Å². The van der Waals surface area contributed by atoms with Gasteiger partial charge in [0.05, 0.1) is 0 Å². The molecule has 0 bridgehead atoms. The number of amides is 1. The van der Waals surface area contributed by atoms with E-state index in [-0.39, 0.29) is 0 Å². The third kappa shape index (κ3) is 5.66. The summed E-state index contributed by atoms with van der Waals surface area (Å²) in [5.41, 5.74) is 7.93. The van der Waals surface area contributed by atoms with Gasteiger partial charge in [0.2, 0.25) is 0 Å². The number of carbonyl (C=O) groups excluding carboxylic acids is 2. The van der Waals surface area contributed by atoms with Gasteiger partial charge in [-0.1, -0.05) is 48.5 Å². The number of anilines is 2. The van der Waals surface area contributed by atoms with Crippen molar-refractivity contribution in [2.45, 2.75) is 33.6 Å². The number of fused-ring (bicyclic) bond motifs is 1. The quantitative estimate of drug-likeness (QED) is 0.168. The third-order valence-electron chi connectivity index (χ3n) is 7.23. The van der Waals surface area contributed by atoms with Crippen LogP contribution in [0.25, 0.3) is 16.6 Å². The SMILES string of the molecule is Cc1cc(C)nc(N(C)CCCc2ccc(NC(=O)C(=O)c3c(-c4ccccc4)c(C)c4ccccn34)cc2)c1. The number of benzene rings is 2. The number of aromatic nitrogens is 2. The van der Waals surface area contributed by atoms with Gasteiger partial charge in [-0.3, -0.25) is 9.59 Å². The highest BCUT2D eigenvalue weighted by Gasteiger charge is 2.27. The predicted octanol–water partition coefficient (Wildman–Crippen LogP) is 6.82. The predicted molar refractivity (Wildman–Crippen MR) is 162 cm³/mol. The van der Waals surface area contributed by atoms with Crippen LogP contribution in [-0.4, -0.2) is 34.7 Å². The van der Waals surface area contributed by atoms with Crippen LogP contribution in [-0.2, 0) is 11.2 Å². The zero-order chi connectivity index (χ0) is 28.2. The van der Waals surface area contributed by atoms with Gasteiger partial charge in [0.25, 0.3) is 11.7 Å². The van der Waals surface area contributed by atoms with Crippen LogP contribution in [0.3, 0.4) is 0 Å². The summed E-state index contributed by atoms with van der Waals surface area (Å²) in [5.74, 6) is -0.238. The minimum absolute atomic E-state index is 0.371. The molecular formula is C34H34N4O2. The van der Waals surface area contributed by atoms with Crippen molar-refractivity contribution in [2.75, 3.05) is 23.8 Å². The zero-order valence-corrected chi connectivity index (χ0v) is 23.4. The maximum Gasteiger partial charge on any atom is 0.298 e. The molecule has 0 fully saturated rings. The molecule has 1 N–H and O–H groups in total. The number of carbonyl (C=O) groups is 2. The van der Waals surface area contributed by atoms with Gasteiger partial charge in [0.15, 0.2) is 0 Å². The third-order valence-corrected chi connectivity index (χ3v) is 7.23. The van der Waals surface area contributed by atoms with Crippen molar-refractivity contribution in [3.05, 3.63) is 119 Å². The van der Waals surface area contributed by atoms with Crippen LogP contribution in [0.1, 0.15) is 39.3 Å². The molecule has 5 rings (SSSR count). The largest absolute Gasteiger partial charge is 0.360 e. The normalized spacial score (nSPS) is 11.0. The molecule has 0 saturated heterocycles. The smallest absolute Gasteiger partial charge is 0.298 e. The Kier molecular flexibility index (Phi) is 7.78. The molecule has 2 aromatic carbocycles. The average molecular weight is 531 g/mol. The lowest BCUT2D eigenvalue weighted by Crippen LogP contribution is -2.24. The molecule has 6 heteroatoms. The average Bonchev–Trinajstić information content (AvgIpc) is 3.25. The monoisotopic (exact) mass is 530 g/mol. The molecule has 6 nitrogen and oxygen atoms in total. The van der Waals surface area contributed by atoms with E-state index in [1.165, 1.54) is 11.1 Å². The molecule has 202 valence electrons. The van der Waals surface area contributed by atoms with Crippen LogP contribution in [0, 0.1) is 20.8 Å². The summed E-state index contributed by atoms with van der Waals surface area (Å²) in [4.78, 5) is 33.5. The number of nitrogens with one attached hydrogen (secondary N) is 1. The first-order chi connectivity index (χ1) is 19.3. The second-order valence-corrected chi connectivity index (χ2v) is 10.3. The Hall–Kier alpha value is -4.71. The molecule has 0 aliphatic carbocycles. The molecule has 0 spiro atoms. The Morgan fingerprint density at radius 2 is 1.62 bits per heavy atom. The second-order valence-electron chi connectivity index (χ2n) is 10.3. The summed E-state index contributed by atoms with van der Waals surface area (Å²) in [7, 11) is 2.07. The van der Waals surface area contributed by atoms with Crippen molar-refractivity contribution in [2.24, 2.45) is 0 Å². The van der Waals surface area contributed by atoms with Gasteiger partial charge < -0.3 is 14.6 Å². The lowest BCUT2D eigenvalue weighted by atomic mass is 9.99. The fraction of sp³-hybridized carbons (Fsp3) is 0.206. The van der Waals surface area contributed by atoms with E-state index >= 15 is 0 Å². The number of aryl methyl sites for hydroxylation is 4. The standard InChI is InChI=1S/C34H34N4O2/c1-23-21-24(2)35-30(22-23)37(4)19-10-11-26-15-17-28(18-16-26)36-34(40)33(39)32-31(27-12-6-5-7-13-27)25(3)29-14-8-9-20-38(29)32/h5-9,12-18,20-22H,10-11,19H2,1-4H3,(H,36,40). The van der Waals surface area contributed by atoms with Crippen molar-refractivity contribution in [3.8, 4) is 11.1 Å². The molecular weight excluding hydrogens is 496 g/mol. The van der Waals surface area contributed by atoms with Crippen LogP contribution in [0.2, 0.25) is 0 Å².